The number of aryl methyl sites for hydroxylation is 1. The van der Waals surface area contributed by atoms with Crippen molar-refractivity contribution in [3.05, 3.63) is 27.7 Å². The second kappa shape index (κ2) is 7.77. The summed E-state index contributed by atoms with van der Waals surface area (Å²) in [5.74, 6) is -1.33. The van der Waals surface area contributed by atoms with Gasteiger partial charge in [-0.05, 0) is 24.6 Å². The minimum Gasteiger partial charge on any atom is -0.468 e. The van der Waals surface area contributed by atoms with Crippen LogP contribution in [0.25, 0.3) is 0 Å². The van der Waals surface area contributed by atoms with Crippen LogP contribution in [-0.4, -0.2) is 40.5 Å². The summed E-state index contributed by atoms with van der Waals surface area (Å²) < 4.78 is 30.6. The lowest BCUT2D eigenvalue weighted by atomic mass is 10.2. The fourth-order valence-corrected chi connectivity index (χ4v) is 3.19. The minimum atomic E-state index is -3.99. The maximum absolute atomic E-state index is 12.1. The van der Waals surface area contributed by atoms with Crippen LogP contribution in [0, 0.1) is 6.92 Å². The SMILES string of the molecule is COC(=O)CNC(=O)CNS(=O)(=O)c1cc(C)c(Cl)cc1Cl. The molecule has 0 aliphatic carbocycles. The van der Waals surface area contributed by atoms with Gasteiger partial charge in [0.1, 0.15) is 11.4 Å². The van der Waals surface area contributed by atoms with E-state index >= 15 is 0 Å². The van der Waals surface area contributed by atoms with Gasteiger partial charge in [-0.25, -0.2) is 13.1 Å². The Morgan fingerprint density at radius 1 is 1.18 bits per heavy atom. The smallest absolute Gasteiger partial charge is 0.325 e. The van der Waals surface area contributed by atoms with Gasteiger partial charge in [-0.15, -0.1) is 0 Å². The first-order valence-electron chi connectivity index (χ1n) is 5.96. The number of amides is 1. The maximum atomic E-state index is 12.1. The number of rotatable bonds is 6. The molecule has 0 fully saturated rings. The molecule has 1 aromatic carbocycles. The molecule has 0 spiro atoms. The Labute approximate surface area is 138 Å². The summed E-state index contributed by atoms with van der Waals surface area (Å²) in [7, 11) is -2.82. The average molecular weight is 369 g/mol. The summed E-state index contributed by atoms with van der Waals surface area (Å²) in [4.78, 5) is 22.1. The van der Waals surface area contributed by atoms with Crippen molar-refractivity contribution in [3.63, 3.8) is 0 Å². The molecule has 2 N–H and O–H groups in total. The zero-order valence-electron chi connectivity index (χ0n) is 11.8. The van der Waals surface area contributed by atoms with Crippen LogP contribution in [0.1, 0.15) is 5.56 Å². The molecule has 0 aliphatic rings. The van der Waals surface area contributed by atoms with Crippen molar-refractivity contribution >= 4 is 45.1 Å². The number of hydrogen-bond acceptors (Lipinski definition) is 5. The Bertz CT molecular complexity index is 691. The zero-order chi connectivity index (χ0) is 16.9. The summed E-state index contributed by atoms with van der Waals surface area (Å²) in [6.45, 7) is 0.732. The topological polar surface area (TPSA) is 102 Å². The fraction of sp³-hybridized carbons (Fsp3) is 0.333. The van der Waals surface area contributed by atoms with Crippen molar-refractivity contribution in [2.45, 2.75) is 11.8 Å². The normalized spacial score (nSPS) is 11.1. The Kier molecular flexibility index (Phi) is 6.61. The molecular formula is C12H14Cl2N2O5S. The first-order valence-corrected chi connectivity index (χ1v) is 8.20. The molecule has 0 aromatic heterocycles. The Hall–Kier alpha value is -1.35. The van der Waals surface area contributed by atoms with E-state index in [2.05, 4.69) is 14.8 Å². The lowest BCUT2D eigenvalue weighted by Crippen LogP contribution is -2.39. The quantitative estimate of drug-likeness (QED) is 0.725. The molecule has 1 aromatic rings. The third-order valence-corrected chi connectivity index (χ3v) is 4.86. The van der Waals surface area contributed by atoms with Crippen LogP contribution in [0.15, 0.2) is 17.0 Å². The molecule has 0 aliphatic heterocycles. The van der Waals surface area contributed by atoms with Crippen LogP contribution in [0.3, 0.4) is 0 Å². The highest BCUT2D eigenvalue weighted by atomic mass is 35.5. The lowest BCUT2D eigenvalue weighted by molar-refractivity contribution is -0.141. The number of carbonyl (C=O) groups excluding carboxylic acids is 2. The van der Waals surface area contributed by atoms with Gasteiger partial charge in [-0.3, -0.25) is 9.59 Å². The second-order valence-electron chi connectivity index (χ2n) is 4.21. The van der Waals surface area contributed by atoms with Crippen LogP contribution in [0.4, 0.5) is 0 Å². The molecule has 0 radical (unpaired) electrons. The maximum Gasteiger partial charge on any atom is 0.325 e. The zero-order valence-corrected chi connectivity index (χ0v) is 14.1. The number of benzene rings is 1. The molecule has 10 heteroatoms. The first-order chi connectivity index (χ1) is 10.2. The van der Waals surface area contributed by atoms with Crippen LogP contribution in [-0.2, 0) is 24.3 Å². The lowest BCUT2D eigenvalue weighted by Gasteiger charge is -2.10. The van der Waals surface area contributed by atoms with Gasteiger partial charge >= 0.3 is 5.97 Å². The van der Waals surface area contributed by atoms with E-state index in [-0.39, 0.29) is 16.5 Å². The molecule has 122 valence electrons. The van der Waals surface area contributed by atoms with Gasteiger partial charge in [0.25, 0.3) is 0 Å². The van der Waals surface area contributed by atoms with Gasteiger partial charge < -0.3 is 10.1 Å². The molecule has 0 heterocycles. The number of carbonyl (C=O) groups is 2. The van der Waals surface area contributed by atoms with E-state index in [1.165, 1.54) is 19.2 Å². The second-order valence-corrected chi connectivity index (χ2v) is 6.76. The molecular weight excluding hydrogens is 355 g/mol. The van der Waals surface area contributed by atoms with Crippen LogP contribution < -0.4 is 10.0 Å². The highest BCUT2D eigenvalue weighted by Crippen LogP contribution is 2.27. The van der Waals surface area contributed by atoms with Gasteiger partial charge in [-0.2, -0.15) is 0 Å². The Morgan fingerprint density at radius 2 is 1.82 bits per heavy atom. The van der Waals surface area contributed by atoms with Crippen molar-refractivity contribution in [2.24, 2.45) is 0 Å². The van der Waals surface area contributed by atoms with E-state index in [0.29, 0.717) is 10.6 Å². The van der Waals surface area contributed by atoms with Gasteiger partial charge in [-0.1, -0.05) is 23.2 Å². The molecule has 0 saturated carbocycles. The minimum absolute atomic E-state index is 0.0573. The molecule has 0 saturated heterocycles. The van der Waals surface area contributed by atoms with E-state index in [1.807, 2.05) is 0 Å². The van der Waals surface area contributed by atoms with Crippen LogP contribution in [0.5, 0.6) is 0 Å². The highest BCUT2D eigenvalue weighted by molar-refractivity contribution is 7.89. The third kappa shape index (κ3) is 5.13. The number of nitrogens with one attached hydrogen (secondary N) is 2. The third-order valence-electron chi connectivity index (χ3n) is 2.58. The summed E-state index contributed by atoms with van der Waals surface area (Å²) in [5.41, 5.74) is 0.529. The van der Waals surface area contributed by atoms with Crippen molar-refractivity contribution < 1.29 is 22.7 Å². The van der Waals surface area contributed by atoms with E-state index in [1.54, 1.807) is 6.92 Å². The molecule has 0 atom stereocenters. The van der Waals surface area contributed by atoms with Crippen molar-refractivity contribution in [1.29, 1.82) is 0 Å². The Balaban J connectivity index is 2.74. The molecule has 1 amide bonds. The summed E-state index contributed by atoms with van der Waals surface area (Å²) in [5, 5.41) is 2.47. The van der Waals surface area contributed by atoms with E-state index in [0.717, 1.165) is 0 Å². The number of methoxy groups -OCH3 is 1. The van der Waals surface area contributed by atoms with Crippen LogP contribution in [0.2, 0.25) is 10.0 Å². The van der Waals surface area contributed by atoms with E-state index in [9.17, 15) is 18.0 Å². The van der Waals surface area contributed by atoms with Gasteiger partial charge in [0.05, 0.1) is 18.7 Å². The van der Waals surface area contributed by atoms with Crippen molar-refractivity contribution in [1.82, 2.24) is 10.0 Å². The van der Waals surface area contributed by atoms with Crippen molar-refractivity contribution in [2.75, 3.05) is 20.2 Å². The predicted molar refractivity (Wildman–Crippen MR) is 81.4 cm³/mol. The van der Waals surface area contributed by atoms with Gasteiger partial charge in [0.15, 0.2) is 0 Å². The van der Waals surface area contributed by atoms with Crippen LogP contribution >= 0.6 is 23.2 Å². The molecule has 0 unspecified atom stereocenters. The average Bonchev–Trinajstić information content (AvgIpc) is 2.46. The first kappa shape index (κ1) is 18.7. The predicted octanol–water partition coefficient (Wildman–Crippen LogP) is 0.869. The van der Waals surface area contributed by atoms with Gasteiger partial charge in [0.2, 0.25) is 15.9 Å². The molecule has 7 nitrogen and oxygen atoms in total. The largest absolute Gasteiger partial charge is 0.468 e. The highest BCUT2D eigenvalue weighted by Gasteiger charge is 2.20. The molecule has 1 rings (SSSR count). The number of hydrogen-bond donors (Lipinski definition) is 2. The number of sulfonamides is 1. The molecule has 22 heavy (non-hydrogen) atoms. The number of ether oxygens (including phenoxy) is 1. The van der Waals surface area contributed by atoms with Crippen molar-refractivity contribution in [3.8, 4) is 0 Å². The summed E-state index contributed by atoms with van der Waals surface area (Å²) in [6.07, 6.45) is 0. The number of esters is 1. The molecule has 0 bridgehead atoms. The standard InChI is InChI=1S/C12H14Cl2N2O5S/c1-7-3-10(9(14)4-8(7)13)22(19,20)16-5-11(17)15-6-12(18)21-2/h3-4,16H,5-6H2,1-2H3,(H,15,17). The van der Waals surface area contributed by atoms with E-state index in [4.69, 9.17) is 23.2 Å². The van der Waals surface area contributed by atoms with Gasteiger partial charge in [0, 0.05) is 5.02 Å². The Morgan fingerprint density at radius 3 is 2.41 bits per heavy atom. The van der Waals surface area contributed by atoms with E-state index < -0.39 is 28.4 Å². The number of halogens is 2. The monoisotopic (exact) mass is 368 g/mol. The fourth-order valence-electron chi connectivity index (χ4n) is 1.38. The summed E-state index contributed by atoms with van der Waals surface area (Å²) >= 11 is 11.7. The summed E-state index contributed by atoms with van der Waals surface area (Å²) in [6, 6.07) is 2.61.